The SMILES string of the molecule is CCCC[NH+](CCCC)CCC(O)c1cc2c(Cl)cc(Cl)cc2c2cc(C(F)(F)F)ccc12.CS(=O)(=O)[N-]S(=O)(=O)C(F)(F)F. The molecule has 3 aromatic rings. The lowest BCUT2D eigenvalue weighted by atomic mass is 9.92. The van der Waals surface area contributed by atoms with E-state index in [1.807, 2.05) is 0 Å². The molecule has 0 radical (unpaired) electrons. The van der Waals surface area contributed by atoms with Crippen molar-refractivity contribution in [2.75, 3.05) is 25.9 Å². The fourth-order valence-electron chi connectivity index (χ4n) is 4.60. The molecule has 0 amide bonds. The van der Waals surface area contributed by atoms with Crippen LogP contribution in [0, 0.1) is 0 Å². The van der Waals surface area contributed by atoms with Crippen LogP contribution in [-0.2, 0) is 26.2 Å². The number of nitrogens with zero attached hydrogens (tertiary/aromatic N) is 1. The lowest BCUT2D eigenvalue weighted by molar-refractivity contribution is -0.901. The van der Waals surface area contributed by atoms with Crippen LogP contribution in [0.3, 0.4) is 0 Å². The van der Waals surface area contributed by atoms with Crippen molar-refractivity contribution >= 4 is 64.8 Å². The van der Waals surface area contributed by atoms with Gasteiger partial charge in [0.05, 0.1) is 41.3 Å². The molecule has 0 saturated heterocycles. The molecule has 0 bridgehead atoms. The third kappa shape index (κ3) is 11.4. The number of alkyl halides is 6. The highest BCUT2D eigenvalue weighted by Gasteiger charge is 2.40. The predicted molar refractivity (Wildman–Crippen MR) is 165 cm³/mol. The van der Waals surface area contributed by atoms with Gasteiger partial charge in [-0.15, -0.1) is 0 Å². The normalized spacial score (nSPS) is 13.7. The Bertz CT molecular complexity index is 1680. The number of fused-ring (bicyclic) bond motifs is 3. The Morgan fingerprint density at radius 3 is 1.84 bits per heavy atom. The van der Waals surface area contributed by atoms with Gasteiger partial charge in [-0.05, 0) is 64.9 Å². The smallest absolute Gasteiger partial charge is 0.429 e. The number of nitrogens with one attached hydrogen (secondary N) is 1. The number of sulfonamides is 2. The van der Waals surface area contributed by atoms with Gasteiger partial charge >= 0.3 is 11.7 Å². The molecule has 0 saturated carbocycles. The minimum atomic E-state index is -5.92. The van der Waals surface area contributed by atoms with Crippen LogP contribution < -0.4 is 4.90 Å². The molecule has 0 aliphatic carbocycles. The van der Waals surface area contributed by atoms with Crippen LogP contribution >= 0.6 is 23.2 Å². The molecule has 0 aromatic heterocycles. The van der Waals surface area contributed by atoms with Crippen molar-refractivity contribution in [2.24, 2.45) is 0 Å². The van der Waals surface area contributed by atoms with E-state index in [2.05, 4.69) is 13.8 Å². The van der Waals surface area contributed by atoms with Crippen LogP contribution in [0.4, 0.5) is 26.3 Å². The highest BCUT2D eigenvalue weighted by molar-refractivity contribution is 8.12. The first-order valence-electron chi connectivity index (χ1n) is 13.8. The Hall–Kier alpha value is -1.88. The second kappa shape index (κ2) is 15.8. The number of rotatable bonds is 12. The molecule has 0 heterocycles. The number of benzene rings is 3. The molecule has 254 valence electrons. The average molecular weight is 728 g/mol. The number of hydrogen-bond acceptors (Lipinski definition) is 5. The Morgan fingerprint density at radius 1 is 0.822 bits per heavy atom. The van der Waals surface area contributed by atoms with Crippen molar-refractivity contribution in [2.45, 2.75) is 63.7 Å². The summed E-state index contributed by atoms with van der Waals surface area (Å²) in [7, 11) is -10.5. The van der Waals surface area contributed by atoms with E-state index in [4.69, 9.17) is 23.2 Å². The van der Waals surface area contributed by atoms with Crippen LogP contribution in [0.15, 0.2) is 36.4 Å². The van der Waals surface area contributed by atoms with Gasteiger partial charge in [0.1, 0.15) is 0 Å². The summed E-state index contributed by atoms with van der Waals surface area (Å²) in [5, 5.41) is 14.0. The summed E-state index contributed by atoms with van der Waals surface area (Å²) in [5.74, 6) is 0. The summed E-state index contributed by atoms with van der Waals surface area (Å²) in [4.78, 5) is 1.45. The molecule has 1 atom stereocenters. The lowest BCUT2D eigenvalue weighted by Crippen LogP contribution is -3.12. The van der Waals surface area contributed by atoms with E-state index in [1.165, 1.54) is 11.0 Å². The molecule has 7 nitrogen and oxygen atoms in total. The first kappa shape index (κ1) is 39.3. The highest BCUT2D eigenvalue weighted by atomic mass is 35.5. The molecule has 0 fully saturated rings. The number of unbranched alkanes of at least 4 members (excludes halogenated alkanes) is 2. The van der Waals surface area contributed by atoms with Gasteiger partial charge in [0.15, 0.2) is 10.0 Å². The van der Waals surface area contributed by atoms with E-state index in [0.717, 1.165) is 57.5 Å². The number of hydrogen-bond donors (Lipinski definition) is 2. The number of halogens is 8. The zero-order valence-corrected chi connectivity index (χ0v) is 27.7. The predicted octanol–water partition coefficient (Wildman–Crippen LogP) is 7.40. The fourth-order valence-corrected chi connectivity index (χ4v) is 6.92. The van der Waals surface area contributed by atoms with Gasteiger partial charge in [-0.2, -0.15) is 26.3 Å². The number of aliphatic hydroxyl groups is 1. The quantitative estimate of drug-likeness (QED) is 0.150. The molecular weight excluding hydrogens is 693 g/mol. The second-order valence-electron chi connectivity index (χ2n) is 10.4. The van der Waals surface area contributed by atoms with Crippen molar-refractivity contribution in [1.29, 1.82) is 0 Å². The van der Waals surface area contributed by atoms with Crippen molar-refractivity contribution in [3.05, 3.63) is 61.7 Å². The maximum Gasteiger partial charge on any atom is 0.480 e. The van der Waals surface area contributed by atoms with Crippen molar-refractivity contribution in [1.82, 2.24) is 0 Å². The molecule has 3 aromatic carbocycles. The molecule has 17 heteroatoms. The minimum Gasteiger partial charge on any atom is -0.429 e. The van der Waals surface area contributed by atoms with E-state index >= 15 is 0 Å². The van der Waals surface area contributed by atoms with Crippen LogP contribution in [0.25, 0.3) is 25.7 Å². The van der Waals surface area contributed by atoms with Gasteiger partial charge in [0, 0.05) is 28.1 Å². The largest absolute Gasteiger partial charge is 0.480 e. The summed E-state index contributed by atoms with van der Waals surface area (Å²) < 4.78 is 116. The molecule has 3 rings (SSSR count). The van der Waals surface area contributed by atoms with Crippen LogP contribution in [-0.4, -0.2) is 53.3 Å². The summed E-state index contributed by atoms with van der Waals surface area (Å²) in [6.07, 6.45) is -0.00796. The number of quaternary nitrogens is 1. The van der Waals surface area contributed by atoms with Gasteiger partial charge < -0.3 is 14.1 Å². The third-order valence-corrected chi connectivity index (χ3v) is 9.75. The highest BCUT2D eigenvalue weighted by Crippen LogP contribution is 2.40. The zero-order valence-electron chi connectivity index (χ0n) is 24.6. The van der Waals surface area contributed by atoms with Gasteiger partial charge in [0.2, 0.25) is 0 Å². The van der Waals surface area contributed by atoms with E-state index in [-0.39, 0.29) is 6.26 Å². The monoisotopic (exact) mass is 726 g/mol. The topological polar surface area (TPSA) is 107 Å². The van der Waals surface area contributed by atoms with Gasteiger partial charge in [0.25, 0.3) is 0 Å². The fraction of sp³-hybridized carbons (Fsp3) is 0.500. The Balaban J connectivity index is 0.000000498. The molecule has 1 unspecified atom stereocenters. The zero-order chi connectivity index (χ0) is 34.4. The van der Waals surface area contributed by atoms with E-state index in [0.29, 0.717) is 43.6 Å². The standard InChI is InChI=1S/C26H30Cl2F3NO.C2H3F3NO4S2/c1-3-5-10-32(11-6-4-2)12-9-25(33)23-16-22-21(14-18(27)15-24(22)28)20-13-17(26(29,30)31)7-8-19(20)23;1-11(7,8)6-12(9,10)2(3,4)5/h7-8,13-16,25,33H,3-6,9-12H2,1-2H3;1H3/q;-1/p+1. The van der Waals surface area contributed by atoms with Crippen LogP contribution in [0.5, 0.6) is 0 Å². The van der Waals surface area contributed by atoms with Crippen molar-refractivity contribution in [3.63, 3.8) is 0 Å². The Kier molecular flexibility index (Phi) is 13.8. The maximum atomic E-state index is 13.4. The molecule has 0 spiro atoms. The van der Waals surface area contributed by atoms with E-state index in [1.54, 1.807) is 22.3 Å². The maximum absolute atomic E-state index is 13.4. The van der Waals surface area contributed by atoms with Crippen molar-refractivity contribution < 1.29 is 53.2 Å². The number of aliphatic hydroxyl groups excluding tert-OH is 1. The van der Waals surface area contributed by atoms with Gasteiger partial charge in [-0.25, -0.2) is 16.8 Å². The first-order valence-corrected chi connectivity index (χ1v) is 17.9. The summed E-state index contributed by atoms with van der Waals surface area (Å²) in [6, 6.07) is 8.64. The van der Waals surface area contributed by atoms with Crippen LogP contribution in [0.1, 0.15) is 63.2 Å². The van der Waals surface area contributed by atoms with E-state index in [9.17, 15) is 48.3 Å². The van der Waals surface area contributed by atoms with E-state index < -0.39 is 43.4 Å². The lowest BCUT2D eigenvalue weighted by Gasteiger charge is -2.22. The van der Waals surface area contributed by atoms with Gasteiger partial charge in [-0.3, -0.25) is 0 Å². The molecule has 0 aliphatic rings. The summed E-state index contributed by atoms with van der Waals surface area (Å²) in [6.45, 7) is 7.25. The average Bonchev–Trinajstić information content (AvgIpc) is 2.89. The Labute approximate surface area is 268 Å². The first-order chi connectivity index (χ1) is 20.6. The van der Waals surface area contributed by atoms with Gasteiger partial charge in [-0.1, -0.05) is 56.0 Å². The minimum absolute atomic E-state index is 0.246. The molecule has 2 N–H and O–H groups in total. The summed E-state index contributed by atoms with van der Waals surface area (Å²) in [5.41, 5.74) is -5.81. The third-order valence-electron chi connectivity index (χ3n) is 6.77. The molecule has 45 heavy (non-hydrogen) atoms. The second-order valence-corrected chi connectivity index (χ2v) is 14.8. The van der Waals surface area contributed by atoms with Crippen LogP contribution in [0.2, 0.25) is 10.0 Å². The summed E-state index contributed by atoms with van der Waals surface area (Å²) >= 11 is 12.6. The Morgan fingerprint density at radius 2 is 1.38 bits per heavy atom. The van der Waals surface area contributed by atoms with Crippen molar-refractivity contribution in [3.8, 4) is 0 Å². The molecule has 0 aliphatic heterocycles. The molecular formula is C28H34Cl2F6N2O5S2.